The van der Waals surface area contributed by atoms with Crippen LogP contribution in [0.1, 0.15) is 24.0 Å². The molecule has 0 bridgehead atoms. The number of methoxy groups -OCH3 is 2. The van der Waals surface area contributed by atoms with Crippen molar-refractivity contribution in [1.29, 1.82) is 0 Å². The first kappa shape index (κ1) is 18.5. The zero-order valence-corrected chi connectivity index (χ0v) is 15.9. The summed E-state index contributed by atoms with van der Waals surface area (Å²) in [6.07, 6.45) is 5.39. The Morgan fingerprint density at radius 3 is 2.12 bits per heavy atom. The SMILES string of the molecule is COc1cc(C)c(C[NH+](C)CN2C(=O)[C@H]3CC=CC[C@@H]3C2=O)cc1OC. The summed E-state index contributed by atoms with van der Waals surface area (Å²) < 4.78 is 10.7. The fourth-order valence-corrected chi connectivity index (χ4v) is 3.89. The number of allylic oxidation sites excluding steroid dienone is 2. The molecule has 1 unspecified atom stereocenters. The summed E-state index contributed by atoms with van der Waals surface area (Å²) in [6, 6.07) is 3.92. The molecule has 1 fully saturated rings. The number of nitrogens with one attached hydrogen (secondary N) is 1. The quantitative estimate of drug-likeness (QED) is 0.607. The van der Waals surface area contributed by atoms with E-state index in [2.05, 4.69) is 0 Å². The number of fused-ring (bicyclic) bond motifs is 1. The molecule has 0 aromatic heterocycles. The van der Waals surface area contributed by atoms with E-state index in [0.717, 1.165) is 16.0 Å². The van der Waals surface area contributed by atoms with Gasteiger partial charge >= 0.3 is 0 Å². The number of hydrogen-bond donors (Lipinski definition) is 1. The number of carbonyl (C=O) groups excluding carboxylic acids is 2. The Morgan fingerprint density at radius 2 is 1.58 bits per heavy atom. The first-order valence-electron chi connectivity index (χ1n) is 8.99. The normalized spacial score (nSPS) is 23.2. The van der Waals surface area contributed by atoms with Crippen molar-refractivity contribution in [2.45, 2.75) is 26.3 Å². The summed E-state index contributed by atoms with van der Waals surface area (Å²) in [7, 11) is 5.23. The van der Waals surface area contributed by atoms with Gasteiger partial charge in [0.1, 0.15) is 6.54 Å². The molecule has 1 aliphatic carbocycles. The van der Waals surface area contributed by atoms with Crippen molar-refractivity contribution >= 4 is 11.8 Å². The fourth-order valence-electron chi connectivity index (χ4n) is 3.89. The minimum Gasteiger partial charge on any atom is -0.493 e. The number of imide groups is 1. The van der Waals surface area contributed by atoms with Crippen LogP contribution in [0.3, 0.4) is 0 Å². The molecule has 26 heavy (non-hydrogen) atoms. The largest absolute Gasteiger partial charge is 0.493 e. The van der Waals surface area contributed by atoms with Gasteiger partial charge in [-0.2, -0.15) is 0 Å². The highest BCUT2D eigenvalue weighted by atomic mass is 16.5. The van der Waals surface area contributed by atoms with Gasteiger partial charge in [0, 0.05) is 5.56 Å². The van der Waals surface area contributed by atoms with Crippen molar-refractivity contribution in [3.8, 4) is 11.5 Å². The Hall–Kier alpha value is -2.34. The van der Waals surface area contributed by atoms with E-state index in [-0.39, 0.29) is 23.7 Å². The van der Waals surface area contributed by atoms with E-state index in [1.807, 2.05) is 38.3 Å². The minimum atomic E-state index is -0.164. The van der Waals surface area contributed by atoms with Crippen molar-refractivity contribution in [2.24, 2.45) is 11.8 Å². The van der Waals surface area contributed by atoms with Crippen LogP contribution in [-0.2, 0) is 16.1 Å². The van der Waals surface area contributed by atoms with Gasteiger partial charge in [0.15, 0.2) is 18.2 Å². The van der Waals surface area contributed by atoms with Crippen LogP contribution >= 0.6 is 0 Å². The van der Waals surface area contributed by atoms with E-state index in [9.17, 15) is 9.59 Å². The maximum absolute atomic E-state index is 12.6. The molecule has 3 rings (SSSR count). The van der Waals surface area contributed by atoms with Crippen molar-refractivity contribution in [3.63, 3.8) is 0 Å². The lowest BCUT2D eigenvalue weighted by atomic mass is 9.85. The molecule has 6 heteroatoms. The minimum absolute atomic E-state index is 0.0206. The molecule has 3 atom stereocenters. The highest BCUT2D eigenvalue weighted by Crippen LogP contribution is 2.34. The molecule has 1 saturated heterocycles. The van der Waals surface area contributed by atoms with E-state index < -0.39 is 0 Å². The molecular weight excluding hydrogens is 332 g/mol. The Morgan fingerprint density at radius 1 is 1.04 bits per heavy atom. The third kappa shape index (κ3) is 3.33. The van der Waals surface area contributed by atoms with Gasteiger partial charge in [-0.15, -0.1) is 0 Å². The van der Waals surface area contributed by atoms with Gasteiger partial charge in [-0.25, -0.2) is 4.90 Å². The molecule has 1 N–H and O–H groups in total. The lowest BCUT2D eigenvalue weighted by molar-refractivity contribution is -0.901. The third-order valence-corrected chi connectivity index (χ3v) is 5.36. The van der Waals surface area contributed by atoms with Gasteiger partial charge < -0.3 is 14.4 Å². The molecule has 0 saturated carbocycles. The maximum Gasteiger partial charge on any atom is 0.237 e. The summed E-state index contributed by atoms with van der Waals surface area (Å²) in [5.41, 5.74) is 2.21. The number of ether oxygens (including phenoxy) is 2. The van der Waals surface area contributed by atoms with Gasteiger partial charge in [-0.3, -0.25) is 9.59 Å². The molecule has 1 heterocycles. The fraction of sp³-hybridized carbons (Fsp3) is 0.500. The van der Waals surface area contributed by atoms with Gasteiger partial charge in [0.05, 0.1) is 33.1 Å². The third-order valence-electron chi connectivity index (χ3n) is 5.36. The number of amides is 2. The standard InChI is InChI=1S/C20H26N2O4/c1-13-9-17(25-3)18(26-4)10-14(13)11-21(2)12-22-19(23)15-7-5-6-8-16(15)20(22)24/h5-6,9-10,15-16H,7-8,11-12H2,1-4H3/p+1/t15-,16-/m0/s1. The average molecular weight is 359 g/mol. The predicted molar refractivity (Wildman–Crippen MR) is 96.9 cm³/mol. The van der Waals surface area contributed by atoms with Crippen LogP contribution in [0.25, 0.3) is 0 Å². The van der Waals surface area contributed by atoms with Gasteiger partial charge in [-0.1, -0.05) is 12.2 Å². The second-order valence-corrected chi connectivity index (χ2v) is 7.19. The summed E-state index contributed by atoms with van der Waals surface area (Å²) in [4.78, 5) is 27.8. The van der Waals surface area contributed by atoms with E-state index in [4.69, 9.17) is 9.47 Å². The molecular formula is C20H27N2O4+. The summed E-state index contributed by atoms with van der Waals surface area (Å²) in [6.45, 7) is 3.10. The molecule has 0 radical (unpaired) electrons. The zero-order valence-electron chi connectivity index (χ0n) is 15.9. The van der Waals surface area contributed by atoms with Crippen LogP contribution in [0.15, 0.2) is 24.3 Å². The number of quaternary nitrogens is 1. The highest BCUT2D eigenvalue weighted by Gasteiger charge is 2.48. The van der Waals surface area contributed by atoms with Gasteiger partial charge in [0.2, 0.25) is 11.8 Å². The van der Waals surface area contributed by atoms with E-state index in [0.29, 0.717) is 37.6 Å². The number of aryl methyl sites for hydroxylation is 1. The number of nitrogens with zero attached hydrogens (tertiary/aromatic N) is 1. The maximum atomic E-state index is 12.6. The van der Waals surface area contributed by atoms with Crippen LogP contribution in [-0.4, -0.2) is 44.7 Å². The second kappa shape index (κ2) is 7.50. The second-order valence-electron chi connectivity index (χ2n) is 7.19. The summed E-state index contributed by atoms with van der Waals surface area (Å²) in [5.74, 6) is 1.02. The van der Waals surface area contributed by atoms with Crippen molar-refractivity contribution < 1.29 is 24.0 Å². The Balaban J connectivity index is 1.70. The van der Waals surface area contributed by atoms with Crippen molar-refractivity contribution in [1.82, 2.24) is 4.90 Å². The van der Waals surface area contributed by atoms with Crippen molar-refractivity contribution in [3.05, 3.63) is 35.4 Å². The Labute approximate surface area is 154 Å². The molecule has 1 aliphatic heterocycles. The number of rotatable bonds is 6. The zero-order chi connectivity index (χ0) is 18.8. The Kier molecular flexibility index (Phi) is 5.32. The molecule has 1 aromatic rings. The molecule has 2 aliphatic rings. The first-order valence-corrected chi connectivity index (χ1v) is 8.99. The van der Waals surface area contributed by atoms with Gasteiger partial charge in [0.25, 0.3) is 0 Å². The smallest absolute Gasteiger partial charge is 0.237 e. The molecule has 140 valence electrons. The molecule has 1 aromatic carbocycles. The van der Waals surface area contributed by atoms with Crippen LogP contribution < -0.4 is 14.4 Å². The Bertz CT molecular complexity index is 718. The number of benzene rings is 1. The summed E-state index contributed by atoms with van der Waals surface area (Å²) in [5, 5.41) is 0. The van der Waals surface area contributed by atoms with Crippen LogP contribution in [0, 0.1) is 18.8 Å². The van der Waals surface area contributed by atoms with Crippen LogP contribution in [0.2, 0.25) is 0 Å². The lowest BCUT2D eigenvalue weighted by Crippen LogP contribution is -3.09. The number of hydrogen-bond acceptors (Lipinski definition) is 4. The first-order chi connectivity index (χ1) is 12.5. The van der Waals surface area contributed by atoms with Crippen LogP contribution in [0.4, 0.5) is 0 Å². The predicted octanol–water partition coefficient (Wildman–Crippen LogP) is 0.936. The van der Waals surface area contributed by atoms with Crippen molar-refractivity contribution in [2.75, 3.05) is 27.9 Å². The monoisotopic (exact) mass is 359 g/mol. The molecule has 6 nitrogen and oxygen atoms in total. The lowest BCUT2D eigenvalue weighted by Gasteiger charge is -2.22. The number of carbonyl (C=O) groups is 2. The molecule has 2 amide bonds. The number of likely N-dealkylation sites (tertiary alicyclic amines) is 1. The highest BCUT2D eigenvalue weighted by molar-refractivity contribution is 6.05. The van der Waals surface area contributed by atoms with E-state index in [1.165, 1.54) is 4.90 Å². The summed E-state index contributed by atoms with van der Waals surface area (Å²) >= 11 is 0. The van der Waals surface area contributed by atoms with E-state index in [1.54, 1.807) is 14.2 Å². The molecule has 0 spiro atoms. The van der Waals surface area contributed by atoms with Gasteiger partial charge in [-0.05, 0) is 37.5 Å². The topological polar surface area (TPSA) is 60.3 Å². The van der Waals surface area contributed by atoms with Crippen LogP contribution in [0.5, 0.6) is 11.5 Å². The van der Waals surface area contributed by atoms with E-state index >= 15 is 0 Å². The average Bonchev–Trinajstić information content (AvgIpc) is 2.88.